The molecule has 0 aliphatic carbocycles. The number of amides is 1. The number of aromatic nitrogens is 3. The molecule has 0 radical (unpaired) electrons. The van der Waals surface area contributed by atoms with Crippen molar-refractivity contribution in [2.24, 2.45) is 7.05 Å². The molecule has 2 aromatic heterocycles. The van der Waals surface area contributed by atoms with Crippen LogP contribution in [0.25, 0.3) is 22.0 Å². The van der Waals surface area contributed by atoms with Crippen LogP contribution in [0.1, 0.15) is 24.4 Å². The lowest BCUT2D eigenvalue weighted by Crippen LogP contribution is -2.24. The van der Waals surface area contributed by atoms with Crippen molar-refractivity contribution in [1.29, 1.82) is 0 Å². The molecule has 6 nitrogen and oxygen atoms in total. The minimum atomic E-state index is -2.39. The van der Waals surface area contributed by atoms with Crippen LogP contribution in [-0.2, 0) is 20.1 Å². The third-order valence-electron chi connectivity index (χ3n) is 5.02. The molecule has 3 heterocycles. The summed E-state index contributed by atoms with van der Waals surface area (Å²) in [6, 6.07) is 8.68. The van der Waals surface area contributed by atoms with Gasteiger partial charge >= 0.3 is 0 Å². The molecule has 0 spiro atoms. The quantitative estimate of drug-likeness (QED) is 0.560. The molecule has 0 saturated carbocycles. The van der Waals surface area contributed by atoms with Gasteiger partial charge in [0.25, 0.3) is 5.91 Å². The number of fused-ring (bicyclic) bond motifs is 2. The van der Waals surface area contributed by atoms with Crippen LogP contribution in [0, 0.1) is 11.6 Å². The smallest absolute Gasteiger partial charge is 0.256 e. The zero-order valence-corrected chi connectivity index (χ0v) is 15.7. The fraction of sp³-hybridized carbons (Fsp3) is 0.136. The standard InChI is InChI=1S/C22H16F2N4O2/c1-27-9-16-14(3-2-4-20(16)26-27)12-5-18(23)17(19(24)6-12)10-28-11-21-15(22(28)30)7-13(29)8-25-21/h2-9,29H,10-11H2,1H3/i11D2. The topological polar surface area (TPSA) is 71.2 Å². The summed E-state index contributed by atoms with van der Waals surface area (Å²) in [5, 5.41) is 14.6. The van der Waals surface area contributed by atoms with Crippen molar-refractivity contribution < 1.29 is 21.4 Å². The first kappa shape index (κ1) is 16.0. The van der Waals surface area contributed by atoms with E-state index >= 15 is 8.78 Å². The van der Waals surface area contributed by atoms with Crippen molar-refractivity contribution >= 4 is 16.8 Å². The van der Waals surface area contributed by atoms with E-state index in [1.54, 1.807) is 36.1 Å². The number of rotatable bonds is 3. The number of nitrogens with zero attached hydrogens (tertiary/aromatic N) is 4. The molecule has 1 aliphatic rings. The molecule has 1 aliphatic heterocycles. The molecule has 30 heavy (non-hydrogen) atoms. The van der Waals surface area contributed by atoms with Gasteiger partial charge in [0.15, 0.2) is 0 Å². The summed E-state index contributed by atoms with van der Waals surface area (Å²) in [5.41, 5.74) is 0.782. The number of benzene rings is 2. The van der Waals surface area contributed by atoms with Crippen LogP contribution in [0.3, 0.4) is 0 Å². The van der Waals surface area contributed by atoms with Gasteiger partial charge in [0.1, 0.15) is 17.4 Å². The van der Waals surface area contributed by atoms with Gasteiger partial charge in [-0.3, -0.25) is 14.5 Å². The molecule has 1 amide bonds. The number of hydrogen-bond acceptors (Lipinski definition) is 4. The first-order valence-corrected chi connectivity index (χ1v) is 9.09. The van der Waals surface area contributed by atoms with Crippen LogP contribution < -0.4 is 0 Å². The Morgan fingerprint density at radius 2 is 1.97 bits per heavy atom. The van der Waals surface area contributed by atoms with Crippen molar-refractivity contribution in [3.05, 3.63) is 77.2 Å². The highest BCUT2D eigenvalue weighted by atomic mass is 19.1. The first-order valence-electron chi connectivity index (χ1n) is 10.1. The fourth-order valence-corrected chi connectivity index (χ4v) is 3.62. The molecular formula is C22H16F2N4O2. The van der Waals surface area contributed by atoms with Crippen molar-refractivity contribution in [3.63, 3.8) is 0 Å². The van der Waals surface area contributed by atoms with Crippen LogP contribution in [-0.4, -0.2) is 30.7 Å². The zero-order valence-electron chi connectivity index (χ0n) is 17.7. The number of hydrogen-bond donors (Lipinski definition) is 1. The second-order valence-corrected chi connectivity index (χ2v) is 7.05. The molecule has 0 bridgehead atoms. The number of carbonyl (C=O) groups is 1. The van der Waals surface area contributed by atoms with Gasteiger partial charge in [0.05, 0.1) is 38.8 Å². The number of aromatic hydroxyl groups is 1. The highest BCUT2D eigenvalue weighted by molar-refractivity contribution is 5.98. The van der Waals surface area contributed by atoms with Gasteiger partial charge in [-0.15, -0.1) is 0 Å². The van der Waals surface area contributed by atoms with Crippen LogP contribution in [0.5, 0.6) is 5.75 Å². The average Bonchev–Trinajstić information content (AvgIpc) is 3.19. The van der Waals surface area contributed by atoms with E-state index in [4.69, 9.17) is 2.74 Å². The summed E-state index contributed by atoms with van der Waals surface area (Å²) < 4.78 is 48.2. The van der Waals surface area contributed by atoms with Crippen LogP contribution in [0.15, 0.2) is 48.8 Å². The normalized spacial score (nSPS) is 16.0. The maximum Gasteiger partial charge on any atom is 0.256 e. The van der Waals surface area contributed by atoms with E-state index in [0.29, 0.717) is 21.5 Å². The molecular weight excluding hydrogens is 390 g/mol. The lowest BCUT2D eigenvalue weighted by molar-refractivity contribution is 0.0763. The average molecular weight is 408 g/mol. The van der Waals surface area contributed by atoms with Gasteiger partial charge in [0, 0.05) is 24.2 Å². The fourth-order valence-electron chi connectivity index (χ4n) is 3.62. The van der Waals surface area contributed by atoms with E-state index in [1.807, 2.05) is 0 Å². The lowest BCUT2D eigenvalue weighted by atomic mass is 9.99. The highest BCUT2D eigenvalue weighted by Gasteiger charge is 2.30. The lowest BCUT2D eigenvalue weighted by Gasteiger charge is -2.17. The minimum absolute atomic E-state index is 0.143. The predicted octanol–water partition coefficient (Wildman–Crippen LogP) is 3.78. The number of halogens is 2. The summed E-state index contributed by atoms with van der Waals surface area (Å²) in [4.78, 5) is 17.2. The monoisotopic (exact) mass is 408 g/mol. The van der Waals surface area contributed by atoms with Crippen molar-refractivity contribution in [2.75, 3.05) is 0 Å². The second-order valence-electron chi connectivity index (χ2n) is 7.05. The predicted molar refractivity (Wildman–Crippen MR) is 106 cm³/mol. The zero-order chi connectivity index (χ0) is 22.8. The maximum atomic E-state index is 15.1. The first-order chi connectivity index (χ1) is 15.2. The van der Waals surface area contributed by atoms with E-state index in [0.717, 1.165) is 29.8 Å². The summed E-state index contributed by atoms with van der Waals surface area (Å²) in [7, 11) is 1.75. The Morgan fingerprint density at radius 1 is 1.20 bits per heavy atom. The Morgan fingerprint density at radius 3 is 2.73 bits per heavy atom. The van der Waals surface area contributed by atoms with E-state index in [9.17, 15) is 9.90 Å². The van der Waals surface area contributed by atoms with E-state index in [1.165, 1.54) is 0 Å². The van der Waals surface area contributed by atoms with E-state index in [-0.39, 0.29) is 17.0 Å². The molecule has 4 aromatic rings. The molecule has 8 heteroatoms. The Hall–Kier alpha value is -3.81. The number of carbonyl (C=O) groups excluding carboxylic acids is 1. The highest BCUT2D eigenvalue weighted by Crippen LogP contribution is 2.32. The van der Waals surface area contributed by atoms with Gasteiger partial charge < -0.3 is 10.0 Å². The molecule has 0 saturated heterocycles. The maximum absolute atomic E-state index is 15.1. The summed E-state index contributed by atoms with van der Waals surface area (Å²) in [6.07, 6.45) is 2.77. The van der Waals surface area contributed by atoms with E-state index < -0.39 is 36.1 Å². The summed E-state index contributed by atoms with van der Waals surface area (Å²) in [6.45, 7) is -3.03. The molecule has 2 aromatic carbocycles. The van der Waals surface area contributed by atoms with E-state index in [2.05, 4.69) is 10.1 Å². The number of aryl methyl sites for hydroxylation is 1. The van der Waals surface area contributed by atoms with Crippen LogP contribution in [0.2, 0.25) is 0 Å². The minimum Gasteiger partial charge on any atom is -0.506 e. The van der Waals surface area contributed by atoms with Crippen molar-refractivity contribution in [1.82, 2.24) is 19.7 Å². The Balaban J connectivity index is 1.54. The Labute approximate surface area is 172 Å². The molecule has 0 fully saturated rings. The molecule has 5 rings (SSSR count). The SMILES string of the molecule is [2H]C1([2H])c2ncc(O)cc2C(=O)N1Cc1c(F)cc(-c2cccc3nn(C)cc23)cc1F. The van der Waals surface area contributed by atoms with Crippen molar-refractivity contribution in [2.45, 2.75) is 13.0 Å². The summed E-state index contributed by atoms with van der Waals surface area (Å²) >= 11 is 0. The van der Waals surface area contributed by atoms with Gasteiger partial charge in [-0.2, -0.15) is 5.10 Å². The summed E-state index contributed by atoms with van der Waals surface area (Å²) in [5.74, 6) is -2.93. The van der Waals surface area contributed by atoms with Gasteiger partial charge in [-0.25, -0.2) is 8.78 Å². The molecule has 0 atom stereocenters. The van der Waals surface area contributed by atoms with Crippen LogP contribution >= 0.6 is 0 Å². The third kappa shape index (κ3) is 2.88. The van der Waals surface area contributed by atoms with Gasteiger partial charge in [-0.1, -0.05) is 12.1 Å². The van der Waals surface area contributed by atoms with Gasteiger partial charge in [-0.05, 0) is 35.4 Å². The van der Waals surface area contributed by atoms with Crippen LogP contribution in [0.4, 0.5) is 8.78 Å². The Kier molecular flexibility index (Phi) is 3.54. The van der Waals surface area contributed by atoms with Gasteiger partial charge in [0.2, 0.25) is 0 Å². The molecule has 1 N–H and O–H groups in total. The second kappa shape index (κ2) is 6.62. The van der Waals surface area contributed by atoms with Crippen molar-refractivity contribution in [3.8, 4) is 16.9 Å². The Bertz CT molecular complexity index is 1400. The number of pyridine rings is 1. The third-order valence-corrected chi connectivity index (χ3v) is 5.02. The molecule has 150 valence electrons. The largest absolute Gasteiger partial charge is 0.506 e. The molecule has 0 unspecified atom stereocenters.